The molecule has 2 aromatic rings. The molecule has 2 heterocycles. The van der Waals surface area contributed by atoms with Crippen molar-refractivity contribution in [3.8, 4) is 0 Å². The van der Waals surface area contributed by atoms with Gasteiger partial charge in [0, 0.05) is 5.69 Å². The molecule has 2 saturated heterocycles. The maximum absolute atomic E-state index is 13.1. The average molecular weight is 368 g/mol. The van der Waals surface area contributed by atoms with Crippen LogP contribution in [0.4, 0.5) is 15.8 Å². The first-order chi connectivity index (χ1) is 13.0. The Morgan fingerprint density at radius 1 is 1.00 bits per heavy atom. The number of nitrogens with one attached hydrogen (secondary N) is 1. The Morgan fingerprint density at radius 2 is 1.67 bits per heavy atom. The van der Waals surface area contributed by atoms with Crippen molar-refractivity contribution in [2.24, 2.45) is 0 Å². The molecule has 0 bridgehead atoms. The van der Waals surface area contributed by atoms with Crippen LogP contribution in [0.25, 0.3) is 0 Å². The standard InChI is InChI=1S/C21H22FN3O2/c1-15-4-2-3-5-18(15)25-20(26)14-19(21(25)27)24-12-10-23(11-13-24)17-8-6-16(22)7-9-17/h2-9,19H,10-14H2,1H3/p+1/t19-/m1/s1. The van der Waals surface area contributed by atoms with Crippen LogP contribution in [-0.2, 0) is 9.59 Å². The lowest BCUT2D eigenvalue weighted by atomic mass is 10.1. The molecule has 0 saturated carbocycles. The number of quaternary nitrogens is 1. The molecule has 1 atom stereocenters. The van der Waals surface area contributed by atoms with Crippen LogP contribution in [-0.4, -0.2) is 44.0 Å². The van der Waals surface area contributed by atoms with Gasteiger partial charge in [0.15, 0.2) is 6.04 Å². The van der Waals surface area contributed by atoms with E-state index in [0.717, 1.165) is 42.3 Å². The fraction of sp³-hybridized carbons (Fsp3) is 0.333. The molecule has 27 heavy (non-hydrogen) atoms. The van der Waals surface area contributed by atoms with Crippen LogP contribution in [0, 0.1) is 12.7 Å². The van der Waals surface area contributed by atoms with Crippen LogP contribution in [0.2, 0.25) is 0 Å². The molecule has 5 nitrogen and oxygen atoms in total. The fourth-order valence-corrected chi connectivity index (χ4v) is 4.07. The fourth-order valence-electron chi connectivity index (χ4n) is 4.07. The van der Waals surface area contributed by atoms with Gasteiger partial charge in [0.05, 0.1) is 38.3 Å². The van der Waals surface area contributed by atoms with Gasteiger partial charge in [-0.3, -0.25) is 9.59 Å². The number of carbonyl (C=O) groups is 2. The van der Waals surface area contributed by atoms with Crippen LogP contribution in [0.15, 0.2) is 48.5 Å². The summed E-state index contributed by atoms with van der Waals surface area (Å²) >= 11 is 0. The zero-order valence-corrected chi connectivity index (χ0v) is 15.3. The second kappa shape index (κ2) is 7.12. The number of anilines is 2. The van der Waals surface area contributed by atoms with Gasteiger partial charge in [-0.1, -0.05) is 18.2 Å². The van der Waals surface area contributed by atoms with Gasteiger partial charge in [0.25, 0.3) is 5.91 Å². The molecule has 2 fully saturated rings. The monoisotopic (exact) mass is 368 g/mol. The lowest BCUT2D eigenvalue weighted by molar-refractivity contribution is -0.915. The number of imide groups is 1. The molecule has 0 spiro atoms. The number of hydrogen-bond acceptors (Lipinski definition) is 3. The van der Waals surface area contributed by atoms with Crippen molar-refractivity contribution in [3.05, 3.63) is 59.9 Å². The molecule has 6 heteroatoms. The number of amides is 2. The molecule has 1 N–H and O–H groups in total. The van der Waals surface area contributed by atoms with E-state index in [0.29, 0.717) is 5.69 Å². The molecule has 0 unspecified atom stereocenters. The quantitative estimate of drug-likeness (QED) is 0.828. The van der Waals surface area contributed by atoms with Gasteiger partial charge in [-0.05, 0) is 42.8 Å². The third kappa shape index (κ3) is 3.32. The van der Waals surface area contributed by atoms with Gasteiger partial charge < -0.3 is 9.80 Å². The van der Waals surface area contributed by atoms with Gasteiger partial charge >= 0.3 is 0 Å². The number of rotatable bonds is 3. The van der Waals surface area contributed by atoms with Crippen molar-refractivity contribution in [1.82, 2.24) is 0 Å². The number of piperazine rings is 1. The van der Waals surface area contributed by atoms with Gasteiger partial charge in [0.2, 0.25) is 5.91 Å². The smallest absolute Gasteiger partial charge is 0.292 e. The lowest BCUT2D eigenvalue weighted by Crippen LogP contribution is -3.19. The van der Waals surface area contributed by atoms with Gasteiger partial charge in [0.1, 0.15) is 5.82 Å². The second-order valence-electron chi connectivity index (χ2n) is 7.23. The summed E-state index contributed by atoms with van der Waals surface area (Å²) in [5.41, 5.74) is 2.61. The van der Waals surface area contributed by atoms with Crippen molar-refractivity contribution in [2.75, 3.05) is 36.0 Å². The van der Waals surface area contributed by atoms with E-state index in [9.17, 15) is 14.0 Å². The number of benzene rings is 2. The van der Waals surface area contributed by atoms with E-state index in [1.807, 2.05) is 31.2 Å². The van der Waals surface area contributed by atoms with Crippen molar-refractivity contribution in [1.29, 1.82) is 0 Å². The SMILES string of the molecule is Cc1ccccc1N1C(=O)C[C@@H]([NH+]2CCN(c3ccc(F)cc3)CC2)C1=O. The summed E-state index contributed by atoms with van der Waals surface area (Å²) in [6, 6.07) is 13.7. The van der Waals surface area contributed by atoms with Gasteiger partial charge in [-0.15, -0.1) is 0 Å². The number of halogens is 1. The van der Waals surface area contributed by atoms with Gasteiger partial charge in [-0.25, -0.2) is 9.29 Å². The highest BCUT2D eigenvalue weighted by Gasteiger charge is 2.46. The molecule has 0 aromatic heterocycles. The number of nitrogens with zero attached hydrogens (tertiary/aromatic N) is 2. The van der Waals surface area contributed by atoms with Crippen LogP contribution in [0.5, 0.6) is 0 Å². The summed E-state index contributed by atoms with van der Waals surface area (Å²) in [4.78, 5) is 30.3. The maximum atomic E-state index is 13.1. The Bertz CT molecular complexity index is 860. The Balaban J connectivity index is 1.45. The molecule has 2 aliphatic heterocycles. The van der Waals surface area contributed by atoms with Crippen molar-refractivity contribution in [2.45, 2.75) is 19.4 Å². The highest BCUT2D eigenvalue weighted by atomic mass is 19.1. The summed E-state index contributed by atoms with van der Waals surface area (Å²) in [5.74, 6) is -0.457. The van der Waals surface area contributed by atoms with E-state index in [1.165, 1.54) is 17.0 Å². The van der Waals surface area contributed by atoms with Crippen molar-refractivity contribution in [3.63, 3.8) is 0 Å². The lowest BCUT2D eigenvalue weighted by Gasteiger charge is -2.35. The number of aryl methyl sites for hydroxylation is 1. The predicted molar refractivity (Wildman–Crippen MR) is 101 cm³/mol. The molecule has 2 amide bonds. The number of para-hydroxylation sites is 1. The third-order valence-corrected chi connectivity index (χ3v) is 5.59. The molecule has 2 aliphatic rings. The largest absolute Gasteiger partial charge is 0.360 e. The first-order valence-corrected chi connectivity index (χ1v) is 9.32. The highest BCUT2D eigenvalue weighted by Crippen LogP contribution is 2.25. The Morgan fingerprint density at radius 3 is 2.33 bits per heavy atom. The van der Waals surface area contributed by atoms with E-state index < -0.39 is 0 Å². The van der Waals surface area contributed by atoms with E-state index in [2.05, 4.69) is 4.90 Å². The Kier molecular flexibility index (Phi) is 4.66. The van der Waals surface area contributed by atoms with Crippen molar-refractivity contribution < 1.29 is 18.9 Å². The number of hydrogen-bond donors (Lipinski definition) is 1. The third-order valence-electron chi connectivity index (χ3n) is 5.59. The Labute approximate surface area is 158 Å². The van der Waals surface area contributed by atoms with Gasteiger partial charge in [-0.2, -0.15) is 0 Å². The van der Waals surface area contributed by atoms with Crippen LogP contribution >= 0.6 is 0 Å². The first-order valence-electron chi connectivity index (χ1n) is 9.32. The van der Waals surface area contributed by atoms with Crippen LogP contribution < -0.4 is 14.7 Å². The molecule has 0 radical (unpaired) electrons. The minimum atomic E-state index is -0.313. The van der Waals surface area contributed by atoms with Crippen LogP contribution in [0.1, 0.15) is 12.0 Å². The first kappa shape index (κ1) is 17.7. The summed E-state index contributed by atoms with van der Waals surface area (Å²) < 4.78 is 13.1. The van der Waals surface area contributed by atoms with E-state index in [4.69, 9.17) is 0 Å². The van der Waals surface area contributed by atoms with E-state index in [1.54, 1.807) is 12.1 Å². The minimum absolute atomic E-state index is 0.0977. The zero-order chi connectivity index (χ0) is 19.0. The highest BCUT2D eigenvalue weighted by molar-refractivity contribution is 6.22. The Hall–Kier alpha value is -2.73. The number of carbonyl (C=O) groups excluding carboxylic acids is 2. The minimum Gasteiger partial charge on any atom is -0.360 e. The molecular weight excluding hydrogens is 345 g/mol. The van der Waals surface area contributed by atoms with E-state index in [-0.39, 0.29) is 30.1 Å². The molecule has 140 valence electrons. The van der Waals surface area contributed by atoms with Crippen molar-refractivity contribution >= 4 is 23.2 Å². The summed E-state index contributed by atoms with van der Waals surface area (Å²) in [6.45, 7) is 5.04. The summed E-state index contributed by atoms with van der Waals surface area (Å²) in [6.07, 6.45) is 0.263. The molecular formula is C21H23FN3O2+. The predicted octanol–water partition coefficient (Wildman–Crippen LogP) is 1.17. The molecule has 0 aliphatic carbocycles. The summed E-state index contributed by atoms with van der Waals surface area (Å²) in [7, 11) is 0. The normalized spacial score (nSPS) is 21.2. The molecule has 2 aromatic carbocycles. The topological polar surface area (TPSA) is 45.1 Å². The van der Waals surface area contributed by atoms with E-state index >= 15 is 0 Å². The zero-order valence-electron chi connectivity index (χ0n) is 15.3. The molecule has 4 rings (SSSR count). The second-order valence-corrected chi connectivity index (χ2v) is 7.23. The van der Waals surface area contributed by atoms with Crippen LogP contribution in [0.3, 0.4) is 0 Å². The maximum Gasteiger partial charge on any atom is 0.292 e. The average Bonchev–Trinajstić information content (AvgIpc) is 2.97. The summed E-state index contributed by atoms with van der Waals surface area (Å²) in [5, 5.41) is 0.